The molecule has 174 valence electrons. The number of aromatic nitrogens is 2. The van der Waals surface area contributed by atoms with Crippen LogP contribution in [0.3, 0.4) is 0 Å². The predicted molar refractivity (Wildman–Crippen MR) is 133 cm³/mol. The molecule has 7 nitrogen and oxygen atoms in total. The van der Waals surface area contributed by atoms with Crippen LogP contribution in [0.5, 0.6) is 11.5 Å². The fourth-order valence-electron chi connectivity index (χ4n) is 3.90. The van der Waals surface area contributed by atoms with Gasteiger partial charge in [-0.3, -0.25) is 4.57 Å². The quantitative estimate of drug-likeness (QED) is 0.278. The number of rotatable bonds is 7. The lowest BCUT2D eigenvalue weighted by molar-refractivity contribution is 0.351. The molecule has 4 aromatic rings. The van der Waals surface area contributed by atoms with E-state index >= 15 is 0 Å². The van der Waals surface area contributed by atoms with E-state index < -0.39 is 12.8 Å². The minimum atomic E-state index is -3.89. The summed E-state index contributed by atoms with van der Waals surface area (Å²) in [5.74, 6) is 0.849. The number of para-hydroxylation sites is 2. The zero-order chi connectivity index (χ0) is 25.1. The molecular formula is C27H23N4O3P. The molecule has 0 unspecified atom stereocenters. The fraction of sp³-hybridized carbons (Fsp3) is 0.148. The summed E-state index contributed by atoms with van der Waals surface area (Å²) in [6.07, 6.45) is 1.44. The lowest BCUT2D eigenvalue weighted by Crippen LogP contribution is -2.25. The zero-order valence-corrected chi connectivity index (χ0v) is 20.4. The Balaban J connectivity index is 1.86. The van der Waals surface area contributed by atoms with Gasteiger partial charge in [-0.05, 0) is 62.2 Å². The molecule has 0 bridgehead atoms. The fourth-order valence-corrected chi connectivity index (χ4v) is 5.73. The largest absolute Gasteiger partial charge is 0.440 e. The van der Waals surface area contributed by atoms with E-state index in [4.69, 9.17) is 9.05 Å². The summed E-state index contributed by atoms with van der Waals surface area (Å²) in [4.78, 5) is 4.05. The lowest BCUT2D eigenvalue weighted by atomic mass is 9.95. The summed E-state index contributed by atoms with van der Waals surface area (Å²) < 4.78 is 28.4. The molecule has 0 N–H and O–H groups in total. The third-order valence-corrected chi connectivity index (χ3v) is 8.34. The van der Waals surface area contributed by atoms with E-state index in [-0.39, 0.29) is 11.4 Å². The number of imidazole rings is 1. The predicted octanol–water partition coefficient (Wildman–Crippen LogP) is 6.51. The van der Waals surface area contributed by atoms with E-state index in [1.807, 2.05) is 63.2 Å². The average molecular weight is 482 g/mol. The smallest absolute Gasteiger partial charge is 0.415 e. The summed E-state index contributed by atoms with van der Waals surface area (Å²) in [5, 5.41) is 17.8. The third-order valence-electron chi connectivity index (χ3n) is 5.83. The van der Waals surface area contributed by atoms with Crippen molar-refractivity contribution in [3.8, 4) is 29.3 Å². The van der Waals surface area contributed by atoms with Crippen LogP contribution in [0, 0.1) is 29.6 Å². The topological polar surface area (TPSA) is 101 Å². The van der Waals surface area contributed by atoms with E-state index in [1.54, 1.807) is 53.1 Å². The third kappa shape index (κ3) is 4.43. The van der Waals surface area contributed by atoms with Crippen LogP contribution in [0.15, 0.2) is 85.2 Å². The summed E-state index contributed by atoms with van der Waals surface area (Å²) in [6, 6.07) is 27.3. The Hall–Kier alpha value is -4.32. The maximum Gasteiger partial charge on any atom is 0.440 e. The normalized spacial score (nSPS) is 11.3. The Morgan fingerprint density at radius 1 is 0.857 bits per heavy atom. The number of benzene rings is 3. The van der Waals surface area contributed by atoms with Crippen LogP contribution in [0.2, 0.25) is 0 Å². The van der Waals surface area contributed by atoms with Gasteiger partial charge >= 0.3 is 7.60 Å². The second-order valence-electron chi connectivity index (χ2n) is 8.35. The summed E-state index contributed by atoms with van der Waals surface area (Å²) >= 11 is 0. The Morgan fingerprint density at radius 2 is 1.43 bits per heavy atom. The molecule has 0 atom stereocenters. The van der Waals surface area contributed by atoms with Gasteiger partial charge in [0.25, 0.3) is 0 Å². The molecule has 0 saturated heterocycles. The SMILES string of the molecule is Cc1c(-n2cnc(C#N)c2C#N)cccc1C(C)(C)P(=O)(Oc1ccccc1)Oc1ccccc1. The van der Waals surface area contributed by atoms with Crippen molar-refractivity contribution in [1.29, 1.82) is 10.5 Å². The Morgan fingerprint density at radius 3 is 1.94 bits per heavy atom. The molecule has 35 heavy (non-hydrogen) atoms. The van der Waals surface area contributed by atoms with Crippen molar-refractivity contribution in [2.24, 2.45) is 0 Å². The van der Waals surface area contributed by atoms with Crippen LogP contribution in [0.4, 0.5) is 0 Å². The van der Waals surface area contributed by atoms with E-state index in [1.165, 1.54) is 6.33 Å². The molecule has 0 fully saturated rings. The van der Waals surface area contributed by atoms with Gasteiger partial charge in [-0.2, -0.15) is 10.5 Å². The van der Waals surface area contributed by atoms with Gasteiger partial charge in [0.2, 0.25) is 0 Å². The lowest BCUT2D eigenvalue weighted by Gasteiger charge is -2.35. The molecule has 0 spiro atoms. The molecule has 4 rings (SSSR count). The highest BCUT2D eigenvalue weighted by Crippen LogP contribution is 2.64. The minimum Gasteiger partial charge on any atom is -0.415 e. The first-order valence-corrected chi connectivity index (χ1v) is 12.4. The number of hydrogen-bond donors (Lipinski definition) is 0. The molecule has 0 amide bonds. The highest BCUT2D eigenvalue weighted by Gasteiger charge is 2.49. The molecule has 0 aliphatic carbocycles. The van der Waals surface area contributed by atoms with Crippen molar-refractivity contribution in [3.05, 3.63) is 108 Å². The Labute approximate surface area is 204 Å². The van der Waals surface area contributed by atoms with Crippen LogP contribution < -0.4 is 9.05 Å². The number of nitrogens with zero attached hydrogens (tertiary/aromatic N) is 4. The van der Waals surface area contributed by atoms with Crippen LogP contribution in [0.1, 0.15) is 36.4 Å². The molecule has 1 aromatic heterocycles. The maximum atomic E-state index is 14.6. The minimum absolute atomic E-state index is 0.0436. The zero-order valence-electron chi connectivity index (χ0n) is 19.5. The van der Waals surface area contributed by atoms with E-state index in [0.717, 1.165) is 5.56 Å². The van der Waals surface area contributed by atoms with Gasteiger partial charge in [0, 0.05) is 0 Å². The molecule has 0 radical (unpaired) electrons. The van der Waals surface area contributed by atoms with Gasteiger partial charge in [-0.25, -0.2) is 9.55 Å². The number of hydrogen-bond acceptors (Lipinski definition) is 6. The van der Waals surface area contributed by atoms with Crippen LogP contribution in [-0.2, 0) is 9.72 Å². The van der Waals surface area contributed by atoms with Gasteiger partial charge in [-0.15, -0.1) is 0 Å². The van der Waals surface area contributed by atoms with Gasteiger partial charge in [-0.1, -0.05) is 48.5 Å². The summed E-state index contributed by atoms with van der Waals surface area (Å²) in [7, 11) is -3.89. The van der Waals surface area contributed by atoms with Crippen LogP contribution in [0.25, 0.3) is 5.69 Å². The van der Waals surface area contributed by atoms with Crippen molar-refractivity contribution in [2.75, 3.05) is 0 Å². The Bertz CT molecular complexity index is 1440. The monoisotopic (exact) mass is 482 g/mol. The molecule has 3 aromatic carbocycles. The van der Waals surface area contributed by atoms with Gasteiger partial charge in [0.05, 0.1) is 5.69 Å². The molecular weight excluding hydrogens is 459 g/mol. The van der Waals surface area contributed by atoms with Gasteiger partial charge in [0.15, 0.2) is 11.4 Å². The Kier molecular flexibility index (Phi) is 6.47. The van der Waals surface area contributed by atoms with Crippen molar-refractivity contribution in [1.82, 2.24) is 9.55 Å². The molecule has 0 saturated carbocycles. The summed E-state index contributed by atoms with van der Waals surface area (Å²) in [6.45, 7) is 5.49. The van der Waals surface area contributed by atoms with Crippen molar-refractivity contribution in [2.45, 2.75) is 25.9 Å². The standard InChI is InChI=1S/C27H23N4O3P/c1-20-23(15-10-16-25(20)31-19-30-24(17-28)26(31)18-29)27(2,3)35(32,33-21-11-6-4-7-12-21)34-22-13-8-5-9-14-22/h4-16,19H,1-3H3. The highest BCUT2D eigenvalue weighted by atomic mass is 31.2. The van der Waals surface area contributed by atoms with Crippen molar-refractivity contribution in [3.63, 3.8) is 0 Å². The van der Waals surface area contributed by atoms with Crippen molar-refractivity contribution >= 4 is 7.60 Å². The molecule has 0 aliphatic rings. The molecule has 1 heterocycles. The highest BCUT2D eigenvalue weighted by molar-refractivity contribution is 7.56. The molecule has 8 heteroatoms. The van der Waals surface area contributed by atoms with Crippen LogP contribution >= 0.6 is 7.60 Å². The first-order valence-electron chi connectivity index (χ1n) is 10.9. The van der Waals surface area contributed by atoms with Gasteiger partial charge in [0.1, 0.15) is 35.1 Å². The van der Waals surface area contributed by atoms with Gasteiger partial charge < -0.3 is 9.05 Å². The second kappa shape index (κ2) is 9.50. The number of nitriles is 2. The van der Waals surface area contributed by atoms with Crippen LogP contribution in [-0.4, -0.2) is 9.55 Å². The first kappa shape index (κ1) is 23.8. The summed E-state index contributed by atoms with van der Waals surface area (Å²) in [5.41, 5.74) is 2.29. The molecule has 0 aliphatic heterocycles. The first-order chi connectivity index (χ1) is 16.8. The van der Waals surface area contributed by atoms with E-state index in [0.29, 0.717) is 22.7 Å². The maximum absolute atomic E-state index is 14.6. The van der Waals surface area contributed by atoms with E-state index in [9.17, 15) is 15.1 Å². The average Bonchev–Trinajstić information content (AvgIpc) is 3.28. The second-order valence-corrected chi connectivity index (χ2v) is 10.8. The van der Waals surface area contributed by atoms with Crippen molar-refractivity contribution < 1.29 is 13.6 Å². The van der Waals surface area contributed by atoms with E-state index in [2.05, 4.69) is 4.98 Å².